The molecule has 0 bridgehead atoms. The summed E-state index contributed by atoms with van der Waals surface area (Å²) in [6, 6.07) is 0. The van der Waals surface area contributed by atoms with Gasteiger partial charge in [0.1, 0.15) is 19.3 Å². The summed E-state index contributed by atoms with van der Waals surface area (Å²) < 4.78 is 68.6. The zero-order chi connectivity index (χ0) is 71.6. The number of hydrogen-bond acceptors (Lipinski definition) is 15. The maximum absolute atomic E-state index is 13.1. The second-order valence-electron chi connectivity index (χ2n) is 29.3. The third-order valence-corrected chi connectivity index (χ3v) is 20.4. The monoisotopic (exact) mass is 1420 g/mol. The lowest BCUT2D eigenvalue weighted by atomic mass is 9.99. The molecular weight excluding hydrogens is 1270 g/mol. The molecule has 0 radical (unpaired) electrons. The second kappa shape index (κ2) is 68.5. The Morgan fingerprint density at radius 2 is 0.526 bits per heavy atom. The van der Waals surface area contributed by atoms with Gasteiger partial charge in [0.05, 0.1) is 26.4 Å². The van der Waals surface area contributed by atoms with Crippen molar-refractivity contribution < 1.29 is 80.2 Å². The lowest BCUT2D eigenvalue weighted by Crippen LogP contribution is -2.30. The second-order valence-corrected chi connectivity index (χ2v) is 32.2. The van der Waals surface area contributed by atoms with Crippen molar-refractivity contribution in [1.29, 1.82) is 0 Å². The van der Waals surface area contributed by atoms with Gasteiger partial charge in [-0.05, 0) is 43.4 Å². The summed E-state index contributed by atoms with van der Waals surface area (Å²) in [4.78, 5) is 72.9. The summed E-state index contributed by atoms with van der Waals surface area (Å²) >= 11 is 0. The van der Waals surface area contributed by atoms with Crippen LogP contribution in [0.1, 0.15) is 402 Å². The fourth-order valence-corrected chi connectivity index (χ4v) is 13.5. The highest BCUT2D eigenvalue weighted by molar-refractivity contribution is 7.47. The molecule has 576 valence electrons. The molecule has 0 heterocycles. The Hall–Kier alpha value is -1.94. The zero-order valence-corrected chi connectivity index (χ0v) is 65.3. The molecule has 0 aliphatic rings. The van der Waals surface area contributed by atoms with Crippen molar-refractivity contribution in [3.8, 4) is 0 Å². The highest BCUT2D eigenvalue weighted by Gasteiger charge is 2.30. The minimum Gasteiger partial charge on any atom is -0.462 e. The predicted octanol–water partition coefficient (Wildman–Crippen LogP) is 23.0. The number of esters is 4. The van der Waals surface area contributed by atoms with E-state index in [0.29, 0.717) is 25.7 Å². The van der Waals surface area contributed by atoms with Gasteiger partial charge in [-0.2, -0.15) is 0 Å². The number of hydrogen-bond donors (Lipinski definition) is 3. The molecule has 0 aromatic heterocycles. The van der Waals surface area contributed by atoms with Crippen LogP contribution in [0.15, 0.2) is 0 Å². The summed E-state index contributed by atoms with van der Waals surface area (Å²) in [5.41, 5.74) is 0. The summed E-state index contributed by atoms with van der Waals surface area (Å²) in [6.45, 7) is 12.0. The van der Waals surface area contributed by atoms with Crippen LogP contribution in [0, 0.1) is 17.8 Å². The van der Waals surface area contributed by atoms with Gasteiger partial charge in [-0.3, -0.25) is 37.3 Å². The number of carbonyl (C=O) groups excluding carboxylic acids is 4. The number of phosphoric acid groups is 2. The maximum atomic E-state index is 13.1. The molecule has 0 fully saturated rings. The normalized spacial score (nSPS) is 14.3. The van der Waals surface area contributed by atoms with Gasteiger partial charge in [0, 0.05) is 25.7 Å². The van der Waals surface area contributed by atoms with E-state index in [0.717, 1.165) is 108 Å². The number of carbonyl (C=O) groups is 4. The van der Waals surface area contributed by atoms with E-state index in [4.69, 9.17) is 37.0 Å². The molecule has 0 aliphatic carbocycles. The Morgan fingerprint density at radius 1 is 0.299 bits per heavy atom. The van der Waals surface area contributed by atoms with E-state index in [1.807, 2.05) is 0 Å². The smallest absolute Gasteiger partial charge is 0.462 e. The first kappa shape index (κ1) is 95.1. The Balaban J connectivity index is 5.27. The largest absolute Gasteiger partial charge is 0.472 e. The van der Waals surface area contributed by atoms with Crippen LogP contribution >= 0.6 is 15.6 Å². The van der Waals surface area contributed by atoms with Crippen LogP contribution in [-0.4, -0.2) is 96.7 Å². The SMILES string of the molecule is CCCCCCCCCCCCCCCCC(=O)O[C@H](COC(=O)CCCCCCCCCCC(C)CC)COP(=O)(O)OC[C@H](O)COP(=O)(O)OC[C@@H](COC(=O)CCCCCCCCCCCCCC(C)C)OC(=O)CCCCCCCCCCCCCCCCC(C)C. The van der Waals surface area contributed by atoms with E-state index >= 15 is 0 Å². The molecule has 3 N–H and O–H groups in total. The molecule has 97 heavy (non-hydrogen) atoms. The molecule has 0 spiro atoms. The van der Waals surface area contributed by atoms with Crippen LogP contribution in [-0.2, 0) is 65.4 Å². The van der Waals surface area contributed by atoms with E-state index in [2.05, 4.69) is 48.5 Å². The van der Waals surface area contributed by atoms with Crippen LogP contribution in [0.2, 0.25) is 0 Å². The van der Waals surface area contributed by atoms with Crippen molar-refractivity contribution in [3.05, 3.63) is 0 Å². The van der Waals surface area contributed by atoms with Gasteiger partial charge in [0.25, 0.3) is 0 Å². The van der Waals surface area contributed by atoms with Crippen molar-refractivity contribution >= 4 is 39.5 Å². The number of rotatable bonds is 76. The van der Waals surface area contributed by atoms with E-state index < -0.39 is 97.5 Å². The first-order valence-electron chi connectivity index (χ1n) is 40.4. The molecular formula is C78H152O17P2. The van der Waals surface area contributed by atoms with E-state index in [-0.39, 0.29) is 25.7 Å². The van der Waals surface area contributed by atoms with Gasteiger partial charge in [0.15, 0.2) is 12.2 Å². The third-order valence-electron chi connectivity index (χ3n) is 18.5. The molecule has 0 aromatic carbocycles. The Morgan fingerprint density at radius 3 is 0.784 bits per heavy atom. The summed E-state index contributed by atoms with van der Waals surface area (Å²) in [5.74, 6) is 0.231. The predicted molar refractivity (Wildman–Crippen MR) is 395 cm³/mol. The lowest BCUT2D eigenvalue weighted by molar-refractivity contribution is -0.161. The zero-order valence-electron chi connectivity index (χ0n) is 63.5. The molecule has 0 saturated carbocycles. The molecule has 3 unspecified atom stereocenters. The fraction of sp³-hybridized carbons (Fsp3) is 0.949. The minimum absolute atomic E-state index is 0.107. The maximum Gasteiger partial charge on any atom is 0.472 e. The van der Waals surface area contributed by atoms with Crippen LogP contribution in [0.4, 0.5) is 0 Å². The topological polar surface area (TPSA) is 237 Å². The molecule has 17 nitrogen and oxygen atoms in total. The van der Waals surface area contributed by atoms with Gasteiger partial charge in [-0.15, -0.1) is 0 Å². The number of phosphoric ester groups is 2. The van der Waals surface area contributed by atoms with Gasteiger partial charge >= 0.3 is 39.5 Å². The Kier molecular flexibility index (Phi) is 67.1. The quantitative estimate of drug-likeness (QED) is 0.0222. The summed E-state index contributed by atoms with van der Waals surface area (Å²) in [5, 5.41) is 10.6. The fourth-order valence-electron chi connectivity index (χ4n) is 11.9. The van der Waals surface area contributed by atoms with E-state index in [9.17, 15) is 43.2 Å². The van der Waals surface area contributed by atoms with Crippen molar-refractivity contribution in [3.63, 3.8) is 0 Å². The average Bonchev–Trinajstić information content (AvgIpc) is 1.27. The van der Waals surface area contributed by atoms with Gasteiger partial charge < -0.3 is 33.8 Å². The van der Waals surface area contributed by atoms with E-state index in [1.165, 1.54) is 212 Å². The van der Waals surface area contributed by atoms with Crippen LogP contribution in [0.3, 0.4) is 0 Å². The molecule has 0 amide bonds. The van der Waals surface area contributed by atoms with Crippen LogP contribution < -0.4 is 0 Å². The first-order chi connectivity index (χ1) is 46.8. The standard InChI is InChI=1S/C78H152O17P2/c1-8-10-11-12-13-14-15-16-20-25-31-40-47-54-61-77(82)95-74(66-89-76(81)60-53-46-39-34-33-37-44-51-58-71(7)9-2)68-93-97(86,87)91-64-72(79)63-90-96(84,85)92-67-73(65-88-75(80)59-52-45-38-30-27-22-24-29-36-43-50-57-70(5)6)94-78(83)62-55-48-41-32-26-21-18-17-19-23-28-35-42-49-56-69(3)4/h69-74,79H,8-68H2,1-7H3,(H,84,85)(H,86,87)/t71?,72-,73-,74-/m1/s1. The van der Waals surface area contributed by atoms with Crippen molar-refractivity contribution in [1.82, 2.24) is 0 Å². The van der Waals surface area contributed by atoms with Crippen molar-refractivity contribution in [2.24, 2.45) is 17.8 Å². The van der Waals surface area contributed by atoms with Gasteiger partial charge in [0.2, 0.25) is 0 Å². The molecule has 0 aromatic rings. The van der Waals surface area contributed by atoms with Crippen LogP contribution in [0.5, 0.6) is 0 Å². The Bertz CT molecular complexity index is 1890. The lowest BCUT2D eigenvalue weighted by Gasteiger charge is -2.21. The number of unbranched alkanes of at least 4 members (excludes halogenated alkanes) is 43. The molecule has 0 aliphatic heterocycles. The summed E-state index contributed by atoms with van der Waals surface area (Å²) in [6.07, 6.45) is 55.3. The molecule has 19 heteroatoms. The number of aliphatic hydroxyl groups excluding tert-OH is 1. The van der Waals surface area contributed by atoms with Gasteiger partial charge in [-0.25, -0.2) is 9.13 Å². The highest BCUT2D eigenvalue weighted by Crippen LogP contribution is 2.45. The summed E-state index contributed by atoms with van der Waals surface area (Å²) in [7, 11) is -9.92. The molecule has 6 atom stereocenters. The number of aliphatic hydroxyl groups is 1. The average molecular weight is 1420 g/mol. The number of ether oxygens (including phenoxy) is 4. The van der Waals surface area contributed by atoms with Crippen molar-refractivity contribution in [2.75, 3.05) is 39.6 Å². The highest BCUT2D eigenvalue weighted by atomic mass is 31.2. The first-order valence-corrected chi connectivity index (χ1v) is 43.4. The van der Waals surface area contributed by atoms with Gasteiger partial charge in [-0.1, -0.05) is 350 Å². The molecule has 0 rings (SSSR count). The third kappa shape index (κ3) is 70.9. The van der Waals surface area contributed by atoms with E-state index in [1.54, 1.807) is 0 Å². The van der Waals surface area contributed by atoms with Crippen molar-refractivity contribution in [2.45, 2.75) is 420 Å². The Labute approximate surface area is 594 Å². The van der Waals surface area contributed by atoms with Crippen LogP contribution in [0.25, 0.3) is 0 Å². The minimum atomic E-state index is -4.96. The molecule has 0 saturated heterocycles.